The van der Waals surface area contributed by atoms with Crippen molar-refractivity contribution in [3.8, 4) is 5.75 Å². The van der Waals surface area contributed by atoms with Crippen LogP contribution in [-0.2, 0) is 30.6 Å². The standard InChI is InChI=1S/C25H45O4P/c1-18(2)11-13-28-30(27,29-14-12-19(3)4)17-20-15-21(24(5,6)7)23(26)22(16-20)25(8,9)10/h15-16,18-19,26H,11-14,17H2,1-10H3. The summed E-state index contributed by atoms with van der Waals surface area (Å²) in [5.74, 6) is 1.28. The van der Waals surface area contributed by atoms with E-state index in [1.165, 1.54) is 0 Å². The molecular formula is C25H45O4P. The third-order valence-corrected chi connectivity index (χ3v) is 7.03. The van der Waals surface area contributed by atoms with Gasteiger partial charge in [-0.2, -0.15) is 0 Å². The quantitative estimate of drug-likeness (QED) is 0.377. The van der Waals surface area contributed by atoms with Gasteiger partial charge in [0.1, 0.15) is 5.75 Å². The number of hydrogen-bond donors (Lipinski definition) is 1. The number of rotatable bonds is 10. The lowest BCUT2D eigenvalue weighted by Crippen LogP contribution is -2.18. The van der Waals surface area contributed by atoms with Gasteiger partial charge in [-0.05, 0) is 52.2 Å². The van der Waals surface area contributed by atoms with Gasteiger partial charge in [-0.1, -0.05) is 81.4 Å². The lowest BCUT2D eigenvalue weighted by Gasteiger charge is -2.29. The summed E-state index contributed by atoms with van der Waals surface area (Å²) in [6.45, 7) is 21.8. The molecule has 0 atom stereocenters. The molecular weight excluding hydrogens is 395 g/mol. The monoisotopic (exact) mass is 440 g/mol. The molecule has 5 heteroatoms. The van der Waals surface area contributed by atoms with Gasteiger partial charge >= 0.3 is 7.60 Å². The number of benzene rings is 1. The predicted molar refractivity (Wildman–Crippen MR) is 128 cm³/mol. The molecule has 174 valence electrons. The van der Waals surface area contributed by atoms with Crippen LogP contribution in [0, 0.1) is 11.8 Å². The van der Waals surface area contributed by atoms with Gasteiger partial charge in [0, 0.05) is 0 Å². The van der Waals surface area contributed by atoms with Crippen molar-refractivity contribution in [1.29, 1.82) is 0 Å². The Morgan fingerprint density at radius 1 is 0.833 bits per heavy atom. The van der Waals surface area contributed by atoms with Crippen molar-refractivity contribution in [2.75, 3.05) is 13.2 Å². The normalized spacial score (nSPS) is 13.5. The zero-order valence-electron chi connectivity index (χ0n) is 21.0. The molecule has 4 nitrogen and oxygen atoms in total. The highest BCUT2D eigenvalue weighted by atomic mass is 31.2. The molecule has 0 radical (unpaired) electrons. The van der Waals surface area contributed by atoms with Gasteiger partial charge in [0.2, 0.25) is 0 Å². The van der Waals surface area contributed by atoms with Gasteiger partial charge in [0.05, 0.1) is 19.4 Å². The van der Waals surface area contributed by atoms with Crippen molar-refractivity contribution >= 4 is 7.60 Å². The molecule has 0 aliphatic rings. The second-order valence-electron chi connectivity index (χ2n) is 11.3. The summed E-state index contributed by atoms with van der Waals surface area (Å²) >= 11 is 0. The van der Waals surface area contributed by atoms with Gasteiger partial charge in [0.25, 0.3) is 0 Å². The van der Waals surface area contributed by atoms with Gasteiger partial charge < -0.3 is 14.2 Å². The van der Waals surface area contributed by atoms with E-state index in [9.17, 15) is 9.67 Å². The summed E-state index contributed by atoms with van der Waals surface area (Å²) in [5.41, 5.74) is 2.14. The van der Waals surface area contributed by atoms with E-state index in [-0.39, 0.29) is 17.0 Å². The van der Waals surface area contributed by atoms with Gasteiger partial charge in [-0.25, -0.2) is 0 Å². The molecule has 0 spiro atoms. The fourth-order valence-electron chi connectivity index (χ4n) is 3.14. The maximum atomic E-state index is 13.6. The Bertz CT molecular complexity index is 671. The largest absolute Gasteiger partial charge is 0.507 e. The summed E-state index contributed by atoms with van der Waals surface area (Å²) < 4.78 is 25.4. The minimum Gasteiger partial charge on any atom is -0.507 e. The van der Waals surface area contributed by atoms with Crippen LogP contribution >= 0.6 is 7.60 Å². The molecule has 1 aromatic carbocycles. The van der Waals surface area contributed by atoms with E-state index >= 15 is 0 Å². The van der Waals surface area contributed by atoms with Crippen LogP contribution in [0.15, 0.2) is 12.1 Å². The maximum absolute atomic E-state index is 13.6. The molecule has 0 saturated heterocycles. The summed E-state index contributed by atoms with van der Waals surface area (Å²) in [7, 11) is -3.29. The SMILES string of the molecule is CC(C)CCOP(=O)(Cc1cc(C(C)(C)C)c(O)c(C(C)(C)C)c1)OCCC(C)C. The molecule has 0 fully saturated rings. The zero-order chi connectivity index (χ0) is 23.3. The van der Waals surface area contributed by atoms with Crippen molar-refractivity contribution in [3.05, 3.63) is 28.8 Å². The minimum atomic E-state index is -3.29. The molecule has 1 aromatic rings. The first-order valence-corrected chi connectivity index (χ1v) is 13.0. The average Bonchev–Trinajstić information content (AvgIpc) is 2.53. The first kappa shape index (κ1) is 27.2. The highest BCUT2D eigenvalue weighted by molar-refractivity contribution is 7.53. The van der Waals surface area contributed by atoms with Crippen LogP contribution in [0.5, 0.6) is 5.75 Å². The smallest absolute Gasteiger partial charge is 0.335 e. The van der Waals surface area contributed by atoms with Crippen molar-refractivity contribution in [2.24, 2.45) is 11.8 Å². The van der Waals surface area contributed by atoms with Gasteiger partial charge in [-0.3, -0.25) is 4.57 Å². The second-order valence-corrected chi connectivity index (χ2v) is 13.4. The van der Waals surface area contributed by atoms with Crippen LogP contribution in [0.25, 0.3) is 0 Å². The molecule has 0 unspecified atom stereocenters. The van der Waals surface area contributed by atoms with E-state index in [2.05, 4.69) is 69.2 Å². The number of aromatic hydroxyl groups is 1. The lowest BCUT2D eigenvalue weighted by atomic mass is 9.78. The summed E-state index contributed by atoms with van der Waals surface area (Å²) in [4.78, 5) is 0. The Labute approximate surface area is 185 Å². The van der Waals surface area contributed by atoms with Crippen molar-refractivity contribution in [1.82, 2.24) is 0 Å². The third kappa shape index (κ3) is 8.73. The Morgan fingerprint density at radius 2 is 1.20 bits per heavy atom. The van der Waals surface area contributed by atoms with Crippen LogP contribution in [0.1, 0.15) is 98.8 Å². The molecule has 0 amide bonds. The van der Waals surface area contributed by atoms with E-state index in [0.29, 0.717) is 30.8 Å². The topological polar surface area (TPSA) is 55.8 Å². The fraction of sp³-hybridized carbons (Fsp3) is 0.760. The van der Waals surface area contributed by atoms with Crippen LogP contribution in [0.3, 0.4) is 0 Å². The van der Waals surface area contributed by atoms with Gasteiger partial charge in [-0.15, -0.1) is 0 Å². The van der Waals surface area contributed by atoms with Crippen molar-refractivity contribution in [2.45, 2.75) is 99.1 Å². The molecule has 0 aliphatic carbocycles. The lowest BCUT2D eigenvalue weighted by molar-refractivity contribution is 0.188. The van der Waals surface area contributed by atoms with Gasteiger partial charge in [0.15, 0.2) is 0 Å². The Hall–Kier alpha value is -0.830. The van der Waals surface area contributed by atoms with E-state index < -0.39 is 7.60 Å². The molecule has 1 rings (SSSR count). The fourth-order valence-corrected chi connectivity index (χ4v) is 4.79. The Balaban J connectivity index is 3.30. The first-order chi connectivity index (χ1) is 13.5. The van der Waals surface area contributed by atoms with Crippen LogP contribution in [0.4, 0.5) is 0 Å². The molecule has 0 bridgehead atoms. The van der Waals surface area contributed by atoms with E-state index in [1.54, 1.807) is 0 Å². The summed E-state index contributed by atoms with van der Waals surface area (Å²) in [5, 5.41) is 11.0. The highest BCUT2D eigenvalue weighted by Gasteiger charge is 2.30. The number of hydrogen-bond acceptors (Lipinski definition) is 4. The molecule has 0 aliphatic heterocycles. The van der Waals surface area contributed by atoms with Crippen LogP contribution < -0.4 is 0 Å². The van der Waals surface area contributed by atoms with E-state index in [0.717, 1.165) is 29.5 Å². The average molecular weight is 441 g/mol. The molecule has 0 saturated carbocycles. The van der Waals surface area contributed by atoms with E-state index in [1.807, 2.05) is 12.1 Å². The Kier molecular flexibility index (Phi) is 9.67. The molecule has 0 aromatic heterocycles. The molecule has 1 N–H and O–H groups in total. The molecule has 30 heavy (non-hydrogen) atoms. The third-order valence-electron chi connectivity index (χ3n) is 5.13. The molecule has 0 heterocycles. The van der Waals surface area contributed by atoms with E-state index in [4.69, 9.17) is 9.05 Å². The van der Waals surface area contributed by atoms with Crippen molar-refractivity contribution < 1.29 is 18.7 Å². The second kappa shape index (κ2) is 10.7. The summed E-state index contributed by atoms with van der Waals surface area (Å²) in [6, 6.07) is 3.93. The number of phenols is 1. The first-order valence-electron chi connectivity index (χ1n) is 11.3. The van der Waals surface area contributed by atoms with Crippen molar-refractivity contribution in [3.63, 3.8) is 0 Å². The van der Waals surface area contributed by atoms with Crippen LogP contribution in [0.2, 0.25) is 0 Å². The highest BCUT2D eigenvalue weighted by Crippen LogP contribution is 2.53. The minimum absolute atomic E-state index is 0.218. The maximum Gasteiger partial charge on any atom is 0.335 e. The summed E-state index contributed by atoms with van der Waals surface area (Å²) in [6.07, 6.45) is 1.90. The Morgan fingerprint density at radius 3 is 1.50 bits per heavy atom. The zero-order valence-corrected chi connectivity index (χ0v) is 21.9. The predicted octanol–water partition coefficient (Wildman–Crippen LogP) is 7.81. The number of phenolic OH excluding ortho intramolecular Hbond substituents is 1. The van der Waals surface area contributed by atoms with Crippen LogP contribution in [-0.4, -0.2) is 18.3 Å².